The van der Waals surface area contributed by atoms with Crippen molar-refractivity contribution in [2.75, 3.05) is 26.2 Å². The predicted molar refractivity (Wildman–Crippen MR) is 68.5 cm³/mol. The van der Waals surface area contributed by atoms with Crippen LogP contribution in [0.5, 0.6) is 0 Å². The third-order valence-corrected chi connectivity index (χ3v) is 4.44. The van der Waals surface area contributed by atoms with Crippen molar-refractivity contribution in [1.29, 1.82) is 0 Å². The summed E-state index contributed by atoms with van der Waals surface area (Å²) in [4.78, 5) is 5.28. The Labute approximate surface area is 100.0 Å². The molecule has 0 aromatic rings. The van der Waals surface area contributed by atoms with Crippen molar-refractivity contribution in [3.05, 3.63) is 0 Å². The first-order valence-corrected chi connectivity index (χ1v) is 6.92. The maximum atomic E-state index is 5.98. The van der Waals surface area contributed by atoms with Gasteiger partial charge < -0.3 is 5.73 Å². The van der Waals surface area contributed by atoms with Crippen molar-refractivity contribution in [3.63, 3.8) is 0 Å². The van der Waals surface area contributed by atoms with E-state index < -0.39 is 0 Å². The van der Waals surface area contributed by atoms with Crippen molar-refractivity contribution in [2.24, 2.45) is 5.73 Å². The highest BCUT2D eigenvalue weighted by Crippen LogP contribution is 2.22. The van der Waals surface area contributed by atoms with Gasteiger partial charge in [0.05, 0.1) is 0 Å². The lowest BCUT2D eigenvalue weighted by atomic mass is 10.1. The minimum Gasteiger partial charge on any atom is -0.327 e. The van der Waals surface area contributed by atoms with Crippen LogP contribution in [0, 0.1) is 0 Å². The van der Waals surface area contributed by atoms with Gasteiger partial charge in [-0.25, -0.2) is 0 Å². The Morgan fingerprint density at radius 2 is 1.75 bits per heavy atom. The maximum absolute atomic E-state index is 5.98. The zero-order chi connectivity index (χ0) is 11.5. The van der Waals surface area contributed by atoms with Crippen molar-refractivity contribution in [1.82, 2.24) is 9.80 Å². The standard InChI is InChI=1S/C13H27N3/c1-11(14)12(2)16-9-6-13(10-16)15-7-4-3-5-8-15/h11-13H,3-10,14H2,1-2H3. The highest BCUT2D eigenvalue weighted by Gasteiger charge is 2.31. The molecule has 2 rings (SSSR count). The Bertz CT molecular complexity index is 211. The molecule has 3 heteroatoms. The minimum atomic E-state index is 0.292. The van der Waals surface area contributed by atoms with Crippen molar-refractivity contribution < 1.29 is 0 Å². The van der Waals surface area contributed by atoms with Gasteiger partial charge in [0.2, 0.25) is 0 Å². The lowest BCUT2D eigenvalue weighted by Gasteiger charge is -2.33. The summed E-state index contributed by atoms with van der Waals surface area (Å²) in [5.74, 6) is 0. The van der Waals surface area contributed by atoms with Gasteiger partial charge in [0.25, 0.3) is 0 Å². The first-order chi connectivity index (χ1) is 7.68. The number of piperidine rings is 1. The van der Waals surface area contributed by atoms with E-state index in [9.17, 15) is 0 Å². The van der Waals surface area contributed by atoms with Gasteiger partial charge in [-0.3, -0.25) is 9.80 Å². The van der Waals surface area contributed by atoms with Gasteiger partial charge in [0.15, 0.2) is 0 Å². The topological polar surface area (TPSA) is 32.5 Å². The first-order valence-electron chi connectivity index (χ1n) is 6.92. The van der Waals surface area contributed by atoms with E-state index in [2.05, 4.69) is 23.6 Å². The molecule has 2 N–H and O–H groups in total. The Morgan fingerprint density at radius 1 is 1.06 bits per heavy atom. The van der Waals surface area contributed by atoms with E-state index in [1.165, 1.54) is 51.9 Å². The largest absolute Gasteiger partial charge is 0.327 e. The molecule has 0 bridgehead atoms. The van der Waals surface area contributed by atoms with Crippen molar-refractivity contribution in [3.8, 4) is 0 Å². The van der Waals surface area contributed by atoms with E-state index in [4.69, 9.17) is 5.73 Å². The lowest BCUT2D eigenvalue weighted by molar-refractivity contribution is 0.150. The van der Waals surface area contributed by atoms with Gasteiger partial charge in [-0.15, -0.1) is 0 Å². The molecule has 3 atom stereocenters. The normalized spacial score (nSPS) is 32.8. The van der Waals surface area contributed by atoms with Gasteiger partial charge in [-0.05, 0) is 46.2 Å². The summed E-state index contributed by atoms with van der Waals surface area (Å²) < 4.78 is 0. The van der Waals surface area contributed by atoms with Gasteiger partial charge in [-0.2, -0.15) is 0 Å². The molecule has 2 aliphatic heterocycles. The van der Waals surface area contributed by atoms with Crippen LogP contribution in [0.15, 0.2) is 0 Å². The predicted octanol–water partition coefficient (Wildman–Crippen LogP) is 1.28. The summed E-state index contributed by atoms with van der Waals surface area (Å²) in [6.07, 6.45) is 5.58. The molecule has 2 aliphatic rings. The molecular formula is C13H27N3. The van der Waals surface area contributed by atoms with E-state index in [-0.39, 0.29) is 0 Å². The highest BCUT2D eigenvalue weighted by atomic mass is 15.3. The van der Waals surface area contributed by atoms with Gasteiger partial charge in [0, 0.05) is 31.2 Å². The van der Waals surface area contributed by atoms with Crippen LogP contribution in [0.3, 0.4) is 0 Å². The van der Waals surface area contributed by atoms with Gasteiger partial charge >= 0.3 is 0 Å². The van der Waals surface area contributed by atoms with Crippen LogP contribution in [-0.2, 0) is 0 Å². The summed E-state index contributed by atoms with van der Waals surface area (Å²) in [6.45, 7) is 9.52. The molecule has 94 valence electrons. The SMILES string of the molecule is CC(N)C(C)N1CCC(N2CCCCC2)C1. The summed E-state index contributed by atoms with van der Waals surface area (Å²) >= 11 is 0. The fourth-order valence-electron chi connectivity index (χ4n) is 3.05. The van der Waals surface area contributed by atoms with Gasteiger partial charge in [0.1, 0.15) is 0 Å². The number of nitrogens with zero attached hydrogens (tertiary/aromatic N) is 2. The molecule has 0 spiro atoms. The Kier molecular flexibility index (Phi) is 4.22. The Balaban J connectivity index is 1.82. The molecule has 0 aromatic heterocycles. The third kappa shape index (κ3) is 2.76. The molecule has 0 aromatic carbocycles. The molecule has 3 nitrogen and oxygen atoms in total. The van der Waals surface area contributed by atoms with E-state index in [0.717, 1.165) is 6.04 Å². The van der Waals surface area contributed by atoms with Crippen LogP contribution in [-0.4, -0.2) is 54.1 Å². The zero-order valence-corrected chi connectivity index (χ0v) is 10.9. The fourth-order valence-corrected chi connectivity index (χ4v) is 3.05. The molecule has 0 radical (unpaired) electrons. The molecular weight excluding hydrogens is 198 g/mol. The molecule has 0 amide bonds. The molecule has 16 heavy (non-hydrogen) atoms. The second-order valence-corrected chi connectivity index (χ2v) is 5.63. The Morgan fingerprint density at radius 3 is 2.38 bits per heavy atom. The van der Waals surface area contributed by atoms with E-state index >= 15 is 0 Å². The average molecular weight is 225 g/mol. The number of hydrogen-bond acceptors (Lipinski definition) is 3. The van der Waals surface area contributed by atoms with Crippen LogP contribution in [0.4, 0.5) is 0 Å². The molecule has 2 fully saturated rings. The zero-order valence-electron chi connectivity index (χ0n) is 10.9. The fraction of sp³-hybridized carbons (Fsp3) is 1.00. The van der Waals surface area contributed by atoms with Crippen LogP contribution < -0.4 is 5.73 Å². The van der Waals surface area contributed by atoms with Crippen LogP contribution in [0.25, 0.3) is 0 Å². The molecule has 0 saturated carbocycles. The van der Waals surface area contributed by atoms with Gasteiger partial charge in [-0.1, -0.05) is 6.42 Å². The summed E-state index contributed by atoms with van der Waals surface area (Å²) in [5, 5.41) is 0. The second kappa shape index (κ2) is 5.48. The maximum Gasteiger partial charge on any atom is 0.0235 e. The Hall–Kier alpha value is -0.120. The van der Waals surface area contributed by atoms with Crippen LogP contribution in [0.1, 0.15) is 39.5 Å². The number of nitrogens with two attached hydrogens (primary N) is 1. The van der Waals surface area contributed by atoms with E-state index in [1.807, 2.05) is 0 Å². The second-order valence-electron chi connectivity index (χ2n) is 5.63. The summed E-state index contributed by atoms with van der Waals surface area (Å²) in [6, 6.07) is 1.64. The third-order valence-electron chi connectivity index (χ3n) is 4.44. The quantitative estimate of drug-likeness (QED) is 0.785. The van der Waals surface area contributed by atoms with Crippen LogP contribution >= 0.6 is 0 Å². The molecule has 2 heterocycles. The number of likely N-dealkylation sites (tertiary alicyclic amines) is 2. The average Bonchev–Trinajstić information content (AvgIpc) is 2.78. The monoisotopic (exact) mass is 225 g/mol. The number of hydrogen-bond donors (Lipinski definition) is 1. The lowest BCUT2D eigenvalue weighted by Crippen LogP contribution is -2.46. The van der Waals surface area contributed by atoms with Crippen LogP contribution in [0.2, 0.25) is 0 Å². The molecule has 0 aliphatic carbocycles. The molecule has 3 unspecified atom stereocenters. The smallest absolute Gasteiger partial charge is 0.0235 e. The first kappa shape index (κ1) is 12.3. The summed E-state index contributed by atoms with van der Waals surface area (Å²) in [7, 11) is 0. The van der Waals surface area contributed by atoms with E-state index in [1.54, 1.807) is 0 Å². The number of rotatable bonds is 3. The highest BCUT2D eigenvalue weighted by molar-refractivity contribution is 4.88. The minimum absolute atomic E-state index is 0.292. The van der Waals surface area contributed by atoms with Crippen molar-refractivity contribution >= 4 is 0 Å². The summed E-state index contributed by atoms with van der Waals surface area (Å²) in [5.41, 5.74) is 5.98. The van der Waals surface area contributed by atoms with E-state index in [0.29, 0.717) is 12.1 Å². The van der Waals surface area contributed by atoms with Crippen molar-refractivity contribution in [2.45, 2.75) is 57.7 Å². The molecule has 2 saturated heterocycles.